The van der Waals surface area contributed by atoms with Gasteiger partial charge in [-0.2, -0.15) is 9.78 Å². The third-order valence-electron chi connectivity index (χ3n) is 2.19. The van der Waals surface area contributed by atoms with E-state index in [9.17, 15) is 4.79 Å². The molecule has 0 bridgehead atoms. The van der Waals surface area contributed by atoms with Gasteiger partial charge in [-0.25, -0.2) is 0 Å². The van der Waals surface area contributed by atoms with Crippen LogP contribution in [0.2, 0.25) is 10.0 Å². The summed E-state index contributed by atoms with van der Waals surface area (Å²) in [6.07, 6.45) is 1.60. The van der Waals surface area contributed by atoms with Gasteiger partial charge in [0.15, 0.2) is 0 Å². The molecule has 0 fully saturated rings. The summed E-state index contributed by atoms with van der Waals surface area (Å²) >= 11 is 15.0. The lowest BCUT2D eigenvalue weighted by Gasteiger charge is -2.07. The van der Waals surface area contributed by atoms with Crippen LogP contribution < -0.4 is 5.56 Å². The topological polar surface area (TPSA) is 34.9 Å². The number of rotatable bonds is 1. The molecule has 88 valence electrons. The van der Waals surface area contributed by atoms with Gasteiger partial charge in [-0.3, -0.25) is 4.79 Å². The molecule has 0 atom stereocenters. The first-order chi connectivity index (χ1) is 7.99. The van der Waals surface area contributed by atoms with Crippen LogP contribution >= 0.6 is 39.1 Å². The summed E-state index contributed by atoms with van der Waals surface area (Å²) in [6, 6.07) is 4.86. The number of halogens is 3. The fraction of sp³-hybridized carbons (Fsp3) is 0.0909. The fourth-order valence-electron chi connectivity index (χ4n) is 1.36. The van der Waals surface area contributed by atoms with Gasteiger partial charge in [0.1, 0.15) is 0 Å². The van der Waals surface area contributed by atoms with E-state index >= 15 is 0 Å². The Morgan fingerprint density at radius 3 is 2.41 bits per heavy atom. The molecule has 1 aromatic carbocycles. The number of nitrogens with zero attached hydrogens (tertiary/aromatic N) is 2. The predicted octanol–water partition coefficient (Wildman–Crippen LogP) is 3.61. The van der Waals surface area contributed by atoms with Crippen LogP contribution in [-0.2, 0) is 0 Å². The third kappa shape index (κ3) is 2.54. The average molecular weight is 334 g/mol. The van der Waals surface area contributed by atoms with Gasteiger partial charge in [0.2, 0.25) is 0 Å². The van der Waals surface area contributed by atoms with Crippen LogP contribution in [0.5, 0.6) is 0 Å². The largest absolute Gasteiger partial charge is 0.286 e. The molecule has 2 rings (SSSR count). The van der Waals surface area contributed by atoms with E-state index in [0.717, 1.165) is 5.56 Å². The minimum Gasteiger partial charge on any atom is -0.266 e. The third-order valence-corrected chi connectivity index (χ3v) is 3.59. The molecule has 0 amide bonds. The predicted molar refractivity (Wildman–Crippen MR) is 72.3 cm³/mol. The first-order valence-electron chi connectivity index (χ1n) is 4.70. The van der Waals surface area contributed by atoms with Crippen LogP contribution in [0, 0.1) is 6.92 Å². The Balaban J connectivity index is 2.69. The summed E-state index contributed by atoms with van der Waals surface area (Å²) in [7, 11) is 0. The zero-order chi connectivity index (χ0) is 12.6. The Morgan fingerprint density at radius 2 is 1.82 bits per heavy atom. The van der Waals surface area contributed by atoms with Crippen LogP contribution in [0.3, 0.4) is 0 Å². The second kappa shape index (κ2) is 4.80. The first-order valence-corrected chi connectivity index (χ1v) is 6.25. The van der Waals surface area contributed by atoms with Crippen molar-refractivity contribution >= 4 is 39.1 Å². The molecule has 0 unspecified atom stereocenters. The Bertz CT molecular complexity index is 620. The second-order valence-electron chi connectivity index (χ2n) is 3.49. The molecule has 0 radical (unpaired) electrons. The van der Waals surface area contributed by atoms with Crippen LogP contribution in [0.25, 0.3) is 5.69 Å². The maximum Gasteiger partial charge on any atom is 0.286 e. The molecular formula is C11H7BrCl2N2O. The van der Waals surface area contributed by atoms with Crippen LogP contribution in [-0.4, -0.2) is 9.78 Å². The van der Waals surface area contributed by atoms with Gasteiger partial charge in [0.25, 0.3) is 5.56 Å². The van der Waals surface area contributed by atoms with Crippen molar-refractivity contribution in [1.82, 2.24) is 9.78 Å². The summed E-state index contributed by atoms with van der Waals surface area (Å²) < 4.78 is 1.72. The smallest absolute Gasteiger partial charge is 0.266 e. The fourth-order valence-corrected chi connectivity index (χ4v) is 2.15. The van der Waals surface area contributed by atoms with Gasteiger partial charge >= 0.3 is 0 Å². The maximum absolute atomic E-state index is 12.0. The molecule has 0 saturated carbocycles. The van der Waals surface area contributed by atoms with E-state index < -0.39 is 0 Å². The zero-order valence-electron chi connectivity index (χ0n) is 8.75. The number of aromatic nitrogens is 2. The standard InChI is InChI=1S/C11H7BrCl2N2O/c1-6-5-15-16(11(17)10(6)12)9-3-7(13)2-8(14)4-9/h2-5H,1H3. The van der Waals surface area contributed by atoms with E-state index in [1.165, 1.54) is 4.68 Å². The van der Waals surface area contributed by atoms with Gasteiger partial charge in [0, 0.05) is 10.0 Å². The van der Waals surface area contributed by atoms with Crippen LogP contribution in [0.4, 0.5) is 0 Å². The second-order valence-corrected chi connectivity index (χ2v) is 5.15. The van der Waals surface area contributed by atoms with Crippen molar-refractivity contribution < 1.29 is 0 Å². The van der Waals surface area contributed by atoms with E-state index in [2.05, 4.69) is 21.0 Å². The zero-order valence-corrected chi connectivity index (χ0v) is 11.8. The van der Waals surface area contributed by atoms with Gasteiger partial charge < -0.3 is 0 Å². The van der Waals surface area contributed by atoms with E-state index in [4.69, 9.17) is 23.2 Å². The summed E-state index contributed by atoms with van der Waals surface area (Å²) in [5.74, 6) is 0. The lowest BCUT2D eigenvalue weighted by molar-refractivity contribution is 0.793. The molecule has 1 heterocycles. The van der Waals surface area contributed by atoms with Gasteiger partial charge in [-0.1, -0.05) is 23.2 Å². The van der Waals surface area contributed by atoms with Crippen molar-refractivity contribution in [3.8, 4) is 5.69 Å². The number of hydrogen-bond donors (Lipinski definition) is 0. The molecule has 0 spiro atoms. The van der Waals surface area contributed by atoms with Crippen molar-refractivity contribution in [3.63, 3.8) is 0 Å². The highest BCUT2D eigenvalue weighted by Gasteiger charge is 2.08. The molecule has 6 heteroatoms. The van der Waals surface area contributed by atoms with E-state index in [1.54, 1.807) is 31.3 Å². The highest BCUT2D eigenvalue weighted by atomic mass is 79.9. The molecule has 0 aliphatic carbocycles. The summed E-state index contributed by atoms with van der Waals surface area (Å²) in [5, 5.41) is 4.96. The molecule has 17 heavy (non-hydrogen) atoms. The molecule has 2 aromatic rings. The van der Waals surface area contributed by atoms with E-state index in [-0.39, 0.29) is 5.56 Å². The minimum atomic E-state index is -0.247. The van der Waals surface area contributed by atoms with Crippen molar-refractivity contribution in [1.29, 1.82) is 0 Å². The minimum absolute atomic E-state index is 0.247. The van der Waals surface area contributed by atoms with Crippen molar-refractivity contribution in [2.24, 2.45) is 0 Å². The van der Waals surface area contributed by atoms with E-state index in [1.807, 2.05) is 0 Å². The molecule has 3 nitrogen and oxygen atoms in total. The van der Waals surface area contributed by atoms with Gasteiger partial charge in [-0.15, -0.1) is 0 Å². The monoisotopic (exact) mass is 332 g/mol. The van der Waals surface area contributed by atoms with Crippen LogP contribution in [0.15, 0.2) is 33.7 Å². The highest BCUT2D eigenvalue weighted by Crippen LogP contribution is 2.21. The van der Waals surface area contributed by atoms with Gasteiger partial charge in [0.05, 0.1) is 16.4 Å². The quantitative estimate of drug-likeness (QED) is 0.799. The number of hydrogen-bond acceptors (Lipinski definition) is 2. The molecular weight excluding hydrogens is 327 g/mol. The summed E-state index contributed by atoms with van der Waals surface area (Å²) in [5.41, 5.74) is 1.07. The molecule has 0 N–H and O–H groups in total. The molecule has 0 saturated heterocycles. The summed E-state index contributed by atoms with van der Waals surface area (Å²) in [4.78, 5) is 12.0. The Kier molecular flexibility index (Phi) is 3.56. The number of benzene rings is 1. The lowest BCUT2D eigenvalue weighted by Crippen LogP contribution is -2.22. The van der Waals surface area contributed by atoms with Crippen LogP contribution in [0.1, 0.15) is 5.56 Å². The van der Waals surface area contributed by atoms with Crippen molar-refractivity contribution in [2.75, 3.05) is 0 Å². The summed E-state index contributed by atoms with van der Waals surface area (Å²) in [6.45, 7) is 1.80. The molecule has 1 aromatic heterocycles. The average Bonchev–Trinajstić information content (AvgIpc) is 2.24. The maximum atomic E-state index is 12.0. The van der Waals surface area contributed by atoms with Gasteiger partial charge in [-0.05, 0) is 46.6 Å². The normalized spacial score (nSPS) is 10.6. The number of aryl methyl sites for hydroxylation is 1. The molecule has 0 aliphatic rings. The Morgan fingerprint density at radius 1 is 1.24 bits per heavy atom. The Hall–Kier alpha value is -0.840. The molecule has 0 aliphatic heterocycles. The van der Waals surface area contributed by atoms with Crippen molar-refractivity contribution in [2.45, 2.75) is 6.92 Å². The highest BCUT2D eigenvalue weighted by molar-refractivity contribution is 9.10. The van der Waals surface area contributed by atoms with Crippen molar-refractivity contribution in [3.05, 3.63) is 54.8 Å². The Labute approximate surface area is 116 Å². The lowest BCUT2D eigenvalue weighted by atomic mass is 10.3. The van der Waals surface area contributed by atoms with E-state index in [0.29, 0.717) is 20.2 Å². The first kappa shape index (κ1) is 12.6. The SMILES string of the molecule is Cc1cnn(-c2cc(Cl)cc(Cl)c2)c(=O)c1Br.